The SMILES string of the molecule is CC(N)CCNC(=O)COc1ccc(F)cc1.Cl. The van der Waals surface area contributed by atoms with Crippen LogP contribution in [-0.4, -0.2) is 25.1 Å². The van der Waals surface area contributed by atoms with Crippen molar-refractivity contribution in [2.45, 2.75) is 19.4 Å². The molecular weight excluding hydrogens is 259 g/mol. The summed E-state index contributed by atoms with van der Waals surface area (Å²) in [6.07, 6.45) is 0.724. The number of ether oxygens (including phenoxy) is 1. The number of carbonyl (C=O) groups excluding carboxylic acids is 1. The van der Waals surface area contributed by atoms with Crippen molar-refractivity contribution < 1.29 is 13.9 Å². The second kappa shape index (κ2) is 8.72. The van der Waals surface area contributed by atoms with Crippen LogP contribution in [-0.2, 0) is 4.79 Å². The maximum Gasteiger partial charge on any atom is 0.257 e. The summed E-state index contributed by atoms with van der Waals surface area (Å²) in [5.41, 5.74) is 5.54. The minimum absolute atomic E-state index is 0. The first-order valence-corrected chi connectivity index (χ1v) is 5.48. The van der Waals surface area contributed by atoms with Crippen molar-refractivity contribution in [3.05, 3.63) is 30.1 Å². The van der Waals surface area contributed by atoms with Gasteiger partial charge in [0.25, 0.3) is 5.91 Å². The van der Waals surface area contributed by atoms with E-state index in [0.717, 1.165) is 6.42 Å². The fourth-order valence-corrected chi connectivity index (χ4v) is 1.17. The maximum absolute atomic E-state index is 12.6. The van der Waals surface area contributed by atoms with E-state index in [1.54, 1.807) is 0 Å². The Morgan fingerprint density at radius 1 is 1.44 bits per heavy atom. The lowest BCUT2D eigenvalue weighted by atomic mass is 10.2. The molecule has 18 heavy (non-hydrogen) atoms. The molecule has 0 heterocycles. The smallest absolute Gasteiger partial charge is 0.257 e. The van der Waals surface area contributed by atoms with Gasteiger partial charge in [0, 0.05) is 12.6 Å². The summed E-state index contributed by atoms with van der Waals surface area (Å²) in [6, 6.07) is 5.58. The molecule has 0 aliphatic rings. The molecule has 0 aliphatic heterocycles. The zero-order valence-corrected chi connectivity index (χ0v) is 11.0. The average molecular weight is 277 g/mol. The van der Waals surface area contributed by atoms with Crippen molar-refractivity contribution in [2.24, 2.45) is 5.73 Å². The van der Waals surface area contributed by atoms with Gasteiger partial charge in [0.05, 0.1) is 0 Å². The van der Waals surface area contributed by atoms with Crippen molar-refractivity contribution in [1.82, 2.24) is 5.32 Å². The lowest BCUT2D eigenvalue weighted by molar-refractivity contribution is -0.123. The largest absolute Gasteiger partial charge is 0.484 e. The molecular formula is C12H18ClFN2O2. The number of halogens is 2. The molecule has 1 aromatic carbocycles. The van der Waals surface area contributed by atoms with Crippen LogP contribution in [0.3, 0.4) is 0 Å². The summed E-state index contributed by atoms with van der Waals surface area (Å²) < 4.78 is 17.8. The van der Waals surface area contributed by atoms with Crippen molar-refractivity contribution in [1.29, 1.82) is 0 Å². The third-order valence-electron chi connectivity index (χ3n) is 2.11. The number of hydrogen-bond donors (Lipinski definition) is 2. The van der Waals surface area contributed by atoms with Crippen LogP contribution in [0.15, 0.2) is 24.3 Å². The molecule has 0 radical (unpaired) electrons. The maximum atomic E-state index is 12.6. The number of amides is 1. The molecule has 102 valence electrons. The zero-order valence-electron chi connectivity index (χ0n) is 10.2. The molecule has 1 rings (SSSR count). The molecule has 0 spiro atoms. The summed E-state index contributed by atoms with van der Waals surface area (Å²) in [4.78, 5) is 11.3. The fourth-order valence-electron chi connectivity index (χ4n) is 1.17. The van der Waals surface area contributed by atoms with Gasteiger partial charge < -0.3 is 15.8 Å². The van der Waals surface area contributed by atoms with Gasteiger partial charge in [-0.2, -0.15) is 0 Å². The van der Waals surface area contributed by atoms with Gasteiger partial charge in [-0.3, -0.25) is 4.79 Å². The van der Waals surface area contributed by atoms with E-state index in [4.69, 9.17) is 10.5 Å². The predicted octanol–water partition coefficient (Wildman–Crippen LogP) is 1.48. The molecule has 0 saturated carbocycles. The topological polar surface area (TPSA) is 64.3 Å². The molecule has 4 nitrogen and oxygen atoms in total. The number of nitrogens with two attached hydrogens (primary N) is 1. The summed E-state index contributed by atoms with van der Waals surface area (Å²) in [5.74, 6) is -0.0811. The zero-order chi connectivity index (χ0) is 12.7. The first-order chi connectivity index (χ1) is 8.08. The molecule has 0 fully saturated rings. The molecule has 0 saturated heterocycles. The monoisotopic (exact) mass is 276 g/mol. The van der Waals surface area contributed by atoms with Crippen LogP contribution in [0.1, 0.15) is 13.3 Å². The normalized spacial score (nSPS) is 11.3. The number of nitrogens with one attached hydrogen (secondary N) is 1. The first-order valence-electron chi connectivity index (χ1n) is 5.48. The second-order valence-corrected chi connectivity index (χ2v) is 3.86. The van der Waals surface area contributed by atoms with Crippen molar-refractivity contribution in [3.63, 3.8) is 0 Å². The number of benzene rings is 1. The van der Waals surface area contributed by atoms with Gasteiger partial charge in [-0.05, 0) is 37.6 Å². The number of carbonyl (C=O) groups is 1. The molecule has 0 aliphatic carbocycles. The summed E-state index contributed by atoms with van der Waals surface area (Å²) in [7, 11) is 0. The van der Waals surface area contributed by atoms with Crippen molar-refractivity contribution in [3.8, 4) is 5.75 Å². The lowest BCUT2D eigenvalue weighted by Crippen LogP contribution is -2.32. The van der Waals surface area contributed by atoms with Crippen molar-refractivity contribution >= 4 is 18.3 Å². The Morgan fingerprint density at radius 3 is 2.61 bits per heavy atom. The Kier molecular flexibility index (Phi) is 8.07. The van der Waals surface area contributed by atoms with E-state index < -0.39 is 0 Å². The average Bonchev–Trinajstić information content (AvgIpc) is 2.28. The first kappa shape index (κ1) is 16.7. The molecule has 1 unspecified atom stereocenters. The van der Waals surface area contributed by atoms with Crippen LogP contribution in [0.4, 0.5) is 4.39 Å². The molecule has 1 aromatic rings. The summed E-state index contributed by atoms with van der Waals surface area (Å²) in [5, 5.41) is 2.68. The van der Waals surface area contributed by atoms with Gasteiger partial charge in [-0.25, -0.2) is 4.39 Å². The van der Waals surface area contributed by atoms with E-state index >= 15 is 0 Å². The van der Waals surface area contributed by atoms with E-state index in [1.165, 1.54) is 24.3 Å². The van der Waals surface area contributed by atoms with Crippen LogP contribution in [0.5, 0.6) is 5.75 Å². The highest BCUT2D eigenvalue weighted by Crippen LogP contribution is 2.10. The van der Waals surface area contributed by atoms with Gasteiger partial charge in [-0.15, -0.1) is 12.4 Å². The Labute approximate surface area is 112 Å². The van der Waals surface area contributed by atoms with Gasteiger partial charge in [0.1, 0.15) is 11.6 Å². The molecule has 6 heteroatoms. The van der Waals surface area contributed by atoms with Gasteiger partial charge in [0.2, 0.25) is 0 Å². The standard InChI is InChI=1S/C12H17FN2O2.ClH/c1-9(14)6-7-15-12(16)8-17-11-4-2-10(13)3-5-11;/h2-5,9H,6-8,14H2,1H3,(H,15,16);1H. The van der Waals surface area contributed by atoms with E-state index in [0.29, 0.717) is 12.3 Å². The molecule has 0 aromatic heterocycles. The van der Waals surface area contributed by atoms with Crippen LogP contribution >= 0.6 is 12.4 Å². The van der Waals surface area contributed by atoms with Crippen LogP contribution < -0.4 is 15.8 Å². The van der Waals surface area contributed by atoms with Gasteiger partial charge in [-0.1, -0.05) is 0 Å². The molecule has 0 bridgehead atoms. The minimum atomic E-state index is -0.335. The molecule has 1 amide bonds. The quantitative estimate of drug-likeness (QED) is 0.827. The van der Waals surface area contributed by atoms with E-state index in [9.17, 15) is 9.18 Å². The van der Waals surface area contributed by atoms with Gasteiger partial charge in [0.15, 0.2) is 6.61 Å². The third-order valence-corrected chi connectivity index (χ3v) is 2.11. The highest BCUT2D eigenvalue weighted by Gasteiger charge is 2.03. The Morgan fingerprint density at radius 2 is 2.06 bits per heavy atom. The lowest BCUT2D eigenvalue weighted by Gasteiger charge is -2.08. The molecule has 1 atom stereocenters. The summed E-state index contributed by atoms with van der Waals surface area (Å²) >= 11 is 0. The van der Waals surface area contributed by atoms with E-state index in [1.807, 2.05) is 6.92 Å². The Bertz CT molecular complexity index is 358. The van der Waals surface area contributed by atoms with Crippen LogP contribution in [0, 0.1) is 5.82 Å². The van der Waals surface area contributed by atoms with E-state index in [2.05, 4.69) is 5.32 Å². The van der Waals surface area contributed by atoms with Crippen LogP contribution in [0.25, 0.3) is 0 Å². The van der Waals surface area contributed by atoms with Gasteiger partial charge >= 0.3 is 0 Å². The van der Waals surface area contributed by atoms with E-state index in [-0.39, 0.29) is 36.8 Å². The highest BCUT2D eigenvalue weighted by molar-refractivity contribution is 5.85. The highest BCUT2D eigenvalue weighted by atomic mass is 35.5. The number of hydrogen-bond acceptors (Lipinski definition) is 3. The number of rotatable bonds is 6. The Balaban J connectivity index is 0.00000289. The minimum Gasteiger partial charge on any atom is -0.484 e. The Hall–Kier alpha value is -1.33. The van der Waals surface area contributed by atoms with Crippen LogP contribution in [0.2, 0.25) is 0 Å². The summed E-state index contributed by atoms with van der Waals surface area (Å²) in [6.45, 7) is 2.33. The predicted molar refractivity (Wildman–Crippen MR) is 70.4 cm³/mol. The molecule has 3 N–H and O–H groups in total. The third kappa shape index (κ3) is 7.09. The van der Waals surface area contributed by atoms with Crippen molar-refractivity contribution in [2.75, 3.05) is 13.2 Å². The second-order valence-electron chi connectivity index (χ2n) is 3.86. The fraction of sp³-hybridized carbons (Fsp3) is 0.417.